The standard InChI is InChI=1S/C14H19N3O/c1-10(2)6-15-7-13-8-16-14(17-11(13)3)12-4-5-18-9-12/h4-5,8-10,15H,6-7H2,1-3H3. The predicted molar refractivity (Wildman–Crippen MR) is 71.0 cm³/mol. The van der Waals surface area contributed by atoms with Gasteiger partial charge in [0.1, 0.15) is 6.26 Å². The molecule has 2 rings (SSSR count). The molecule has 0 aliphatic carbocycles. The van der Waals surface area contributed by atoms with Crippen LogP contribution in [0.15, 0.2) is 29.2 Å². The van der Waals surface area contributed by atoms with Crippen LogP contribution in [-0.2, 0) is 6.54 Å². The average Bonchev–Trinajstić information content (AvgIpc) is 2.84. The Labute approximate surface area is 107 Å². The summed E-state index contributed by atoms with van der Waals surface area (Å²) in [4.78, 5) is 8.87. The molecule has 4 heteroatoms. The van der Waals surface area contributed by atoms with Crippen LogP contribution in [-0.4, -0.2) is 16.5 Å². The summed E-state index contributed by atoms with van der Waals surface area (Å²) < 4.78 is 5.04. The Kier molecular flexibility index (Phi) is 4.10. The van der Waals surface area contributed by atoms with Crippen LogP contribution in [0.4, 0.5) is 0 Å². The molecular weight excluding hydrogens is 226 g/mol. The number of rotatable bonds is 5. The predicted octanol–water partition coefficient (Wildman–Crippen LogP) is 2.79. The van der Waals surface area contributed by atoms with Gasteiger partial charge in [-0.25, -0.2) is 9.97 Å². The van der Waals surface area contributed by atoms with Gasteiger partial charge in [-0.3, -0.25) is 0 Å². The summed E-state index contributed by atoms with van der Waals surface area (Å²) in [7, 11) is 0. The molecule has 0 saturated heterocycles. The van der Waals surface area contributed by atoms with Gasteiger partial charge in [-0.1, -0.05) is 13.8 Å². The van der Waals surface area contributed by atoms with Crippen molar-refractivity contribution >= 4 is 0 Å². The maximum atomic E-state index is 5.04. The summed E-state index contributed by atoms with van der Waals surface area (Å²) in [6.45, 7) is 8.22. The van der Waals surface area contributed by atoms with Crippen LogP contribution in [0.3, 0.4) is 0 Å². The fraction of sp³-hybridized carbons (Fsp3) is 0.429. The monoisotopic (exact) mass is 245 g/mol. The van der Waals surface area contributed by atoms with Crippen LogP contribution in [0.25, 0.3) is 11.4 Å². The van der Waals surface area contributed by atoms with Gasteiger partial charge in [0.2, 0.25) is 0 Å². The normalized spacial score (nSPS) is 11.1. The number of aromatic nitrogens is 2. The number of hydrogen-bond donors (Lipinski definition) is 1. The lowest BCUT2D eigenvalue weighted by Gasteiger charge is -2.09. The third kappa shape index (κ3) is 3.17. The average molecular weight is 245 g/mol. The van der Waals surface area contributed by atoms with Crippen molar-refractivity contribution in [3.05, 3.63) is 36.0 Å². The molecule has 2 aromatic rings. The molecule has 0 bridgehead atoms. The van der Waals surface area contributed by atoms with Crippen LogP contribution in [0, 0.1) is 12.8 Å². The number of aryl methyl sites for hydroxylation is 1. The molecule has 0 atom stereocenters. The van der Waals surface area contributed by atoms with E-state index in [1.54, 1.807) is 12.5 Å². The minimum Gasteiger partial charge on any atom is -0.472 e. The van der Waals surface area contributed by atoms with Gasteiger partial charge in [0.25, 0.3) is 0 Å². The van der Waals surface area contributed by atoms with Crippen LogP contribution in [0.2, 0.25) is 0 Å². The van der Waals surface area contributed by atoms with Crippen LogP contribution >= 0.6 is 0 Å². The van der Waals surface area contributed by atoms with Crippen LogP contribution in [0.5, 0.6) is 0 Å². The summed E-state index contributed by atoms with van der Waals surface area (Å²) in [5, 5.41) is 3.40. The molecule has 0 fully saturated rings. The highest BCUT2D eigenvalue weighted by Crippen LogP contribution is 2.16. The molecule has 1 N–H and O–H groups in total. The highest BCUT2D eigenvalue weighted by molar-refractivity contribution is 5.52. The maximum absolute atomic E-state index is 5.04. The Balaban J connectivity index is 2.06. The topological polar surface area (TPSA) is 51.0 Å². The molecule has 0 saturated carbocycles. The molecule has 96 valence electrons. The summed E-state index contributed by atoms with van der Waals surface area (Å²) in [5.41, 5.74) is 3.07. The molecule has 0 unspecified atom stereocenters. The summed E-state index contributed by atoms with van der Waals surface area (Å²) in [6.07, 6.45) is 5.18. The fourth-order valence-corrected chi connectivity index (χ4v) is 1.69. The lowest BCUT2D eigenvalue weighted by Crippen LogP contribution is -2.20. The second-order valence-corrected chi connectivity index (χ2v) is 4.84. The molecule has 4 nitrogen and oxygen atoms in total. The van der Waals surface area contributed by atoms with Gasteiger partial charge in [0, 0.05) is 24.0 Å². The lowest BCUT2D eigenvalue weighted by atomic mass is 10.2. The first kappa shape index (κ1) is 12.8. The van der Waals surface area contributed by atoms with E-state index in [1.807, 2.05) is 19.2 Å². The number of furan rings is 1. The molecular formula is C14H19N3O. The highest BCUT2D eigenvalue weighted by atomic mass is 16.3. The number of nitrogens with zero attached hydrogens (tertiary/aromatic N) is 2. The van der Waals surface area contributed by atoms with Gasteiger partial charge in [0.15, 0.2) is 5.82 Å². The van der Waals surface area contributed by atoms with Crippen molar-refractivity contribution < 1.29 is 4.42 Å². The van der Waals surface area contributed by atoms with E-state index in [-0.39, 0.29) is 0 Å². The van der Waals surface area contributed by atoms with E-state index in [4.69, 9.17) is 4.42 Å². The van der Waals surface area contributed by atoms with E-state index in [0.717, 1.165) is 29.9 Å². The largest absolute Gasteiger partial charge is 0.472 e. The second kappa shape index (κ2) is 5.78. The third-order valence-electron chi connectivity index (χ3n) is 2.73. The first-order valence-corrected chi connectivity index (χ1v) is 6.22. The summed E-state index contributed by atoms with van der Waals surface area (Å²) >= 11 is 0. The Hall–Kier alpha value is -1.68. The molecule has 0 spiro atoms. The molecule has 0 aliphatic rings. The van der Waals surface area contributed by atoms with E-state index in [1.165, 1.54) is 0 Å². The van der Waals surface area contributed by atoms with Crippen molar-refractivity contribution in [1.29, 1.82) is 0 Å². The Morgan fingerprint density at radius 3 is 2.83 bits per heavy atom. The maximum Gasteiger partial charge on any atom is 0.162 e. The molecule has 0 radical (unpaired) electrons. The van der Waals surface area contributed by atoms with Gasteiger partial charge in [-0.05, 0) is 25.5 Å². The van der Waals surface area contributed by atoms with E-state index < -0.39 is 0 Å². The van der Waals surface area contributed by atoms with E-state index in [0.29, 0.717) is 11.7 Å². The minimum atomic E-state index is 0.649. The molecule has 0 aliphatic heterocycles. The quantitative estimate of drug-likeness (QED) is 0.880. The second-order valence-electron chi connectivity index (χ2n) is 4.84. The van der Waals surface area contributed by atoms with Crippen LogP contribution < -0.4 is 5.32 Å². The Morgan fingerprint density at radius 2 is 2.22 bits per heavy atom. The number of hydrogen-bond acceptors (Lipinski definition) is 4. The van der Waals surface area contributed by atoms with Crippen molar-refractivity contribution in [3.8, 4) is 11.4 Å². The Bertz CT molecular complexity index is 492. The van der Waals surface area contributed by atoms with Crippen molar-refractivity contribution in [2.45, 2.75) is 27.3 Å². The lowest BCUT2D eigenvalue weighted by molar-refractivity contribution is 0.550. The SMILES string of the molecule is Cc1nc(-c2ccoc2)ncc1CNCC(C)C. The summed E-state index contributed by atoms with van der Waals surface area (Å²) in [6, 6.07) is 1.87. The molecule has 2 heterocycles. The van der Waals surface area contributed by atoms with E-state index >= 15 is 0 Å². The van der Waals surface area contributed by atoms with Gasteiger partial charge in [-0.15, -0.1) is 0 Å². The molecule has 0 amide bonds. The van der Waals surface area contributed by atoms with E-state index in [9.17, 15) is 0 Å². The van der Waals surface area contributed by atoms with Crippen molar-refractivity contribution in [1.82, 2.24) is 15.3 Å². The smallest absolute Gasteiger partial charge is 0.162 e. The highest BCUT2D eigenvalue weighted by Gasteiger charge is 2.06. The van der Waals surface area contributed by atoms with Gasteiger partial charge in [0.05, 0.1) is 11.8 Å². The zero-order chi connectivity index (χ0) is 13.0. The van der Waals surface area contributed by atoms with Crippen molar-refractivity contribution in [3.63, 3.8) is 0 Å². The molecule has 0 aromatic carbocycles. The van der Waals surface area contributed by atoms with Gasteiger partial charge in [-0.2, -0.15) is 0 Å². The van der Waals surface area contributed by atoms with E-state index in [2.05, 4.69) is 29.1 Å². The summed E-state index contributed by atoms with van der Waals surface area (Å²) in [5.74, 6) is 1.37. The zero-order valence-corrected chi connectivity index (χ0v) is 11.1. The van der Waals surface area contributed by atoms with Crippen molar-refractivity contribution in [2.24, 2.45) is 5.92 Å². The first-order valence-electron chi connectivity index (χ1n) is 6.22. The fourth-order valence-electron chi connectivity index (χ4n) is 1.69. The first-order chi connectivity index (χ1) is 8.66. The van der Waals surface area contributed by atoms with Crippen LogP contribution in [0.1, 0.15) is 25.1 Å². The zero-order valence-electron chi connectivity index (χ0n) is 11.1. The van der Waals surface area contributed by atoms with Crippen molar-refractivity contribution in [2.75, 3.05) is 6.54 Å². The third-order valence-corrected chi connectivity index (χ3v) is 2.73. The Morgan fingerprint density at radius 1 is 1.39 bits per heavy atom. The minimum absolute atomic E-state index is 0.649. The van der Waals surface area contributed by atoms with Gasteiger partial charge >= 0.3 is 0 Å². The molecule has 18 heavy (non-hydrogen) atoms. The van der Waals surface area contributed by atoms with Gasteiger partial charge < -0.3 is 9.73 Å². The molecule has 2 aromatic heterocycles. The number of nitrogens with one attached hydrogen (secondary N) is 1.